The van der Waals surface area contributed by atoms with Gasteiger partial charge in [0.1, 0.15) is 0 Å². The fourth-order valence-electron chi connectivity index (χ4n) is 0.787. The molecule has 0 spiro atoms. The summed E-state index contributed by atoms with van der Waals surface area (Å²) in [5.74, 6) is -0.281. The van der Waals surface area contributed by atoms with Crippen LogP contribution in [0.5, 0.6) is 0 Å². The molecule has 0 amide bonds. The van der Waals surface area contributed by atoms with E-state index < -0.39 is 5.95 Å². The standard InChI is InChI=1S/C6H8ClFN2/c1-2-10-4-9-6(8)5(10)3-7/h4H,2-3H2,1H3. The maximum absolute atomic E-state index is 12.6. The van der Waals surface area contributed by atoms with Gasteiger partial charge < -0.3 is 4.57 Å². The molecular formula is C6H8ClFN2. The first-order valence-electron chi connectivity index (χ1n) is 3.05. The third kappa shape index (κ3) is 1.14. The molecule has 1 heterocycles. The van der Waals surface area contributed by atoms with Gasteiger partial charge in [-0.05, 0) is 6.92 Å². The van der Waals surface area contributed by atoms with Crippen LogP contribution in [0.2, 0.25) is 0 Å². The Hall–Kier alpha value is -0.570. The second-order valence-electron chi connectivity index (χ2n) is 1.90. The Morgan fingerprint density at radius 3 is 2.90 bits per heavy atom. The quantitative estimate of drug-likeness (QED) is 0.607. The number of aromatic nitrogens is 2. The van der Waals surface area contributed by atoms with Gasteiger partial charge in [0.15, 0.2) is 0 Å². The highest BCUT2D eigenvalue weighted by molar-refractivity contribution is 6.16. The summed E-state index contributed by atoms with van der Waals surface area (Å²) in [5, 5.41) is 0. The number of nitrogens with zero attached hydrogens (tertiary/aromatic N) is 2. The van der Waals surface area contributed by atoms with E-state index in [9.17, 15) is 4.39 Å². The molecule has 0 bridgehead atoms. The van der Waals surface area contributed by atoms with Crippen molar-refractivity contribution in [2.75, 3.05) is 0 Å². The minimum absolute atomic E-state index is 0.180. The first kappa shape index (κ1) is 7.54. The summed E-state index contributed by atoms with van der Waals surface area (Å²) in [4.78, 5) is 3.47. The molecule has 4 heteroatoms. The van der Waals surface area contributed by atoms with E-state index in [1.165, 1.54) is 6.33 Å². The van der Waals surface area contributed by atoms with E-state index in [1.54, 1.807) is 4.57 Å². The van der Waals surface area contributed by atoms with E-state index in [-0.39, 0.29) is 5.88 Å². The van der Waals surface area contributed by atoms with Crippen molar-refractivity contribution in [2.45, 2.75) is 19.3 Å². The Morgan fingerprint density at radius 2 is 2.50 bits per heavy atom. The Bertz CT molecular complexity index is 222. The summed E-state index contributed by atoms with van der Waals surface area (Å²) >= 11 is 5.46. The lowest BCUT2D eigenvalue weighted by Crippen LogP contribution is -1.97. The Morgan fingerprint density at radius 1 is 1.80 bits per heavy atom. The molecule has 0 fully saturated rings. The second kappa shape index (κ2) is 3.01. The van der Waals surface area contributed by atoms with Gasteiger partial charge in [-0.1, -0.05) is 0 Å². The zero-order valence-electron chi connectivity index (χ0n) is 5.64. The number of rotatable bonds is 2. The highest BCUT2D eigenvalue weighted by Crippen LogP contribution is 2.07. The van der Waals surface area contributed by atoms with E-state index in [1.807, 2.05) is 6.92 Å². The molecule has 1 aromatic rings. The van der Waals surface area contributed by atoms with Crippen molar-refractivity contribution in [1.82, 2.24) is 9.55 Å². The van der Waals surface area contributed by atoms with Crippen molar-refractivity contribution in [1.29, 1.82) is 0 Å². The van der Waals surface area contributed by atoms with Crippen LogP contribution >= 0.6 is 11.6 Å². The second-order valence-corrected chi connectivity index (χ2v) is 2.17. The van der Waals surface area contributed by atoms with Gasteiger partial charge in [0, 0.05) is 6.54 Å². The fourth-order valence-corrected chi connectivity index (χ4v) is 1.05. The monoisotopic (exact) mass is 162 g/mol. The maximum Gasteiger partial charge on any atom is 0.235 e. The molecule has 0 atom stereocenters. The molecule has 0 aliphatic carbocycles. The minimum atomic E-state index is -0.461. The van der Waals surface area contributed by atoms with Crippen LogP contribution in [0.15, 0.2) is 6.33 Å². The number of aryl methyl sites for hydroxylation is 1. The van der Waals surface area contributed by atoms with Gasteiger partial charge in [-0.25, -0.2) is 4.98 Å². The van der Waals surface area contributed by atoms with Crippen molar-refractivity contribution < 1.29 is 4.39 Å². The van der Waals surface area contributed by atoms with Crippen LogP contribution in [0.3, 0.4) is 0 Å². The topological polar surface area (TPSA) is 17.8 Å². The average molecular weight is 163 g/mol. The number of hydrogen-bond donors (Lipinski definition) is 0. The van der Waals surface area contributed by atoms with Crippen LogP contribution in [-0.2, 0) is 12.4 Å². The Labute approximate surface area is 63.6 Å². The summed E-state index contributed by atoms with van der Waals surface area (Å²) < 4.78 is 14.3. The summed E-state index contributed by atoms with van der Waals surface area (Å²) in [6.07, 6.45) is 1.45. The molecule has 0 saturated carbocycles. The van der Waals surface area contributed by atoms with Crippen LogP contribution in [0.25, 0.3) is 0 Å². The van der Waals surface area contributed by atoms with E-state index in [0.29, 0.717) is 12.2 Å². The normalized spacial score (nSPS) is 10.3. The van der Waals surface area contributed by atoms with Crippen molar-refractivity contribution in [3.8, 4) is 0 Å². The molecule has 0 aliphatic rings. The molecule has 0 saturated heterocycles. The molecule has 1 rings (SSSR count). The lowest BCUT2D eigenvalue weighted by molar-refractivity contribution is 0.573. The fraction of sp³-hybridized carbons (Fsp3) is 0.500. The van der Waals surface area contributed by atoms with Crippen LogP contribution < -0.4 is 0 Å². The molecule has 2 nitrogen and oxygen atoms in total. The first-order chi connectivity index (χ1) is 4.79. The van der Waals surface area contributed by atoms with Crippen molar-refractivity contribution >= 4 is 11.6 Å². The highest BCUT2D eigenvalue weighted by Gasteiger charge is 2.06. The SMILES string of the molecule is CCn1cnc(F)c1CCl. The van der Waals surface area contributed by atoms with Gasteiger partial charge in [0.2, 0.25) is 5.95 Å². The zero-order chi connectivity index (χ0) is 7.56. The van der Waals surface area contributed by atoms with E-state index in [4.69, 9.17) is 11.6 Å². The smallest absolute Gasteiger partial charge is 0.235 e. The molecular weight excluding hydrogens is 155 g/mol. The van der Waals surface area contributed by atoms with Crippen LogP contribution in [0, 0.1) is 5.95 Å². The minimum Gasteiger partial charge on any atom is -0.331 e. The van der Waals surface area contributed by atoms with Gasteiger partial charge >= 0.3 is 0 Å². The predicted molar refractivity (Wildman–Crippen MR) is 37.4 cm³/mol. The lowest BCUT2D eigenvalue weighted by Gasteiger charge is -1.98. The highest BCUT2D eigenvalue weighted by atomic mass is 35.5. The van der Waals surface area contributed by atoms with E-state index >= 15 is 0 Å². The Balaban J connectivity index is 3.01. The van der Waals surface area contributed by atoms with E-state index in [2.05, 4.69) is 4.98 Å². The third-order valence-corrected chi connectivity index (χ3v) is 1.62. The number of hydrogen-bond acceptors (Lipinski definition) is 1. The Kier molecular flexibility index (Phi) is 2.27. The number of halogens is 2. The number of alkyl halides is 1. The molecule has 0 radical (unpaired) electrons. The number of imidazole rings is 1. The molecule has 0 unspecified atom stereocenters. The third-order valence-electron chi connectivity index (χ3n) is 1.36. The summed E-state index contributed by atoms with van der Waals surface area (Å²) in [6, 6.07) is 0. The average Bonchev–Trinajstić information content (AvgIpc) is 2.30. The molecule has 0 aliphatic heterocycles. The van der Waals surface area contributed by atoms with Crippen molar-refractivity contribution in [3.63, 3.8) is 0 Å². The van der Waals surface area contributed by atoms with Gasteiger partial charge in [0.25, 0.3) is 0 Å². The van der Waals surface area contributed by atoms with E-state index in [0.717, 1.165) is 0 Å². The molecule has 10 heavy (non-hydrogen) atoms. The summed E-state index contributed by atoms with van der Waals surface area (Å²) in [5.41, 5.74) is 0.462. The lowest BCUT2D eigenvalue weighted by atomic mass is 10.5. The van der Waals surface area contributed by atoms with Crippen LogP contribution in [0.4, 0.5) is 4.39 Å². The van der Waals surface area contributed by atoms with Gasteiger partial charge in [-0.15, -0.1) is 11.6 Å². The molecule has 0 N–H and O–H groups in total. The van der Waals surface area contributed by atoms with Crippen molar-refractivity contribution in [3.05, 3.63) is 18.0 Å². The van der Waals surface area contributed by atoms with Gasteiger partial charge in [0.05, 0.1) is 17.9 Å². The zero-order valence-corrected chi connectivity index (χ0v) is 6.40. The van der Waals surface area contributed by atoms with Gasteiger partial charge in [-0.3, -0.25) is 0 Å². The molecule has 1 aromatic heterocycles. The molecule has 56 valence electrons. The van der Waals surface area contributed by atoms with Gasteiger partial charge in [-0.2, -0.15) is 4.39 Å². The summed E-state index contributed by atoms with van der Waals surface area (Å²) in [6.45, 7) is 2.62. The molecule has 0 aromatic carbocycles. The predicted octanol–water partition coefficient (Wildman–Crippen LogP) is 1.78. The maximum atomic E-state index is 12.6. The largest absolute Gasteiger partial charge is 0.331 e. The van der Waals surface area contributed by atoms with Crippen molar-refractivity contribution in [2.24, 2.45) is 0 Å². The van der Waals surface area contributed by atoms with Crippen LogP contribution in [0.1, 0.15) is 12.6 Å². The summed E-state index contributed by atoms with van der Waals surface area (Å²) in [7, 11) is 0. The first-order valence-corrected chi connectivity index (χ1v) is 3.58. The van der Waals surface area contributed by atoms with Crippen LogP contribution in [-0.4, -0.2) is 9.55 Å².